The van der Waals surface area contributed by atoms with Crippen molar-refractivity contribution in [1.82, 2.24) is 15.3 Å². The highest BCUT2D eigenvalue weighted by Crippen LogP contribution is 2.33. The lowest BCUT2D eigenvalue weighted by Crippen LogP contribution is -2.31. The van der Waals surface area contributed by atoms with Crippen molar-refractivity contribution in [2.24, 2.45) is 10.8 Å². The van der Waals surface area contributed by atoms with Crippen LogP contribution >= 0.6 is 23.8 Å². The number of amides is 1. The molecule has 3 aromatic rings. The van der Waals surface area contributed by atoms with Crippen LogP contribution in [0.3, 0.4) is 0 Å². The van der Waals surface area contributed by atoms with Gasteiger partial charge in [-0.3, -0.25) is 9.78 Å². The number of aromatic nitrogens is 1. The van der Waals surface area contributed by atoms with E-state index in [1.807, 2.05) is 48.5 Å². The molecule has 3 N–H and O–H groups in total. The molecule has 0 fully saturated rings. The quantitative estimate of drug-likeness (QED) is 0.546. The zero-order valence-electron chi connectivity index (χ0n) is 17.2. The number of carbonyl (C=O) groups excluding carboxylic acids is 1. The largest absolute Gasteiger partial charge is 0.457 e. The Kier molecular flexibility index (Phi) is 6.34. The second-order valence-electron chi connectivity index (χ2n) is 7.08. The van der Waals surface area contributed by atoms with Gasteiger partial charge in [0.2, 0.25) is 0 Å². The third kappa shape index (κ3) is 4.71. The Morgan fingerprint density at radius 3 is 2.53 bits per heavy atom. The molecule has 9 heteroatoms. The minimum Gasteiger partial charge on any atom is -0.457 e. The van der Waals surface area contributed by atoms with Gasteiger partial charge in [0.15, 0.2) is 5.11 Å². The first-order chi connectivity index (χ1) is 15.4. The van der Waals surface area contributed by atoms with Gasteiger partial charge in [0.05, 0.1) is 11.8 Å². The molecule has 1 amide bonds. The predicted molar refractivity (Wildman–Crippen MR) is 128 cm³/mol. The number of rotatable bonds is 5. The van der Waals surface area contributed by atoms with Crippen LogP contribution in [0.25, 0.3) is 0 Å². The molecule has 0 saturated carbocycles. The summed E-state index contributed by atoms with van der Waals surface area (Å²) in [5, 5.41) is 9.73. The third-order valence-corrected chi connectivity index (χ3v) is 5.44. The number of pyridine rings is 1. The van der Waals surface area contributed by atoms with E-state index < -0.39 is 0 Å². The molecule has 2 heterocycles. The molecule has 1 aliphatic heterocycles. The van der Waals surface area contributed by atoms with Crippen LogP contribution < -0.4 is 15.8 Å². The number of carbonyl (C=O) groups is 1. The van der Waals surface area contributed by atoms with Crippen molar-refractivity contribution in [2.75, 3.05) is 7.05 Å². The summed E-state index contributed by atoms with van der Waals surface area (Å²) in [5.41, 5.74) is 9.05. The standard InChI is InChI=1S/C23H20ClN5O2S/c1-26-22(30)20-12-18(10-11-27-20)31-17-8-4-14(5-9-17)19-13-21(29(28-19)23(25)32)15-2-6-16(24)7-3-15/h2-12,21H,13H2,1H3,(H2,25,32)(H,26,30). The average molecular weight is 466 g/mol. The predicted octanol–water partition coefficient (Wildman–Crippen LogP) is 4.28. The molecule has 1 atom stereocenters. The molecule has 0 bridgehead atoms. The second-order valence-corrected chi connectivity index (χ2v) is 7.94. The first-order valence-electron chi connectivity index (χ1n) is 9.82. The van der Waals surface area contributed by atoms with Gasteiger partial charge >= 0.3 is 0 Å². The van der Waals surface area contributed by atoms with Gasteiger partial charge < -0.3 is 15.8 Å². The summed E-state index contributed by atoms with van der Waals surface area (Å²) in [4.78, 5) is 15.8. The Bertz CT molecular complexity index is 1180. The number of ether oxygens (including phenoxy) is 1. The topological polar surface area (TPSA) is 92.8 Å². The van der Waals surface area contributed by atoms with Gasteiger partial charge in [-0.15, -0.1) is 0 Å². The zero-order chi connectivity index (χ0) is 22.7. The maximum atomic E-state index is 11.8. The SMILES string of the molecule is CNC(=O)c1cc(Oc2ccc(C3=NN(C(N)=S)C(c4ccc(Cl)cc4)C3)cc2)ccn1. The van der Waals surface area contributed by atoms with Crippen molar-refractivity contribution < 1.29 is 9.53 Å². The van der Waals surface area contributed by atoms with Crippen LogP contribution in [0.1, 0.15) is 34.1 Å². The van der Waals surface area contributed by atoms with Crippen LogP contribution in [0.15, 0.2) is 72.0 Å². The van der Waals surface area contributed by atoms with E-state index in [1.54, 1.807) is 24.2 Å². The highest BCUT2D eigenvalue weighted by Gasteiger charge is 2.30. The van der Waals surface area contributed by atoms with Crippen molar-refractivity contribution in [3.05, 3.63) is 88.7 Å². The Hall–Kier alpha value is -3.49. The molecule has 162 valence electrons. The van der Waals surface area contributed by atoms with Crippen molar-refractivity contribution >= 4 is 40.6 Å². The van der Waals surface area contributed by atoms with Gasteiger partial charge in [-0.05, 0) is 65.8 Å². The summed E-state index contributed by atoms with van der Waals surface area (Å²) in [7, 11) is 1.55. The van der Waals surface area contributed by atoms with Crippen molar-refractivity contribution in [3.63, 3.8) is 0 Å². The minimum absolute atomic E-state index is 0.0874. The van der Waals surface area contributed by atoms with Crippen molar-refractivity contribution in [1.29, 1.82) is 0 Å². The number of hydrogen-bond acceptors (Lipinski definition) is 5. The normalized spacial score (nSPS) is 15.2. The lowest BCUT2D eigenvalue weighted by Gasteiger charge is -2.21. The summed E-state index contributed by atoms with van der Waals surface area (Å²) < 4.78 is 5.87. The van der Waals surface area contributed by atoms with Gasteiger partial charge in [-0.1, -0.05) is 23.7 Å². The van der Waals surface area contributed by atoms with Crippen molar-refractivity contribution in [3.8, 4) is 11.5 Å². The van der Waals surface area contributed by atoms with E-state index in [0.717, 1.165) is 16.8 Å². The van der Waals surface area contributed by atoms with Crippen LogP contribution in [-0.2, 0) is 0 Å². The molecule has 0 aliphatic carbocycles. The molecule has 32 heavy (non-hydrogen) atoms. The molecular formula is C23H20ClN5O2S. The van der Waals surface area contributed by atoms with Crippen LogP contribution in [-0.4, -0.2) is 33.8 Å². The molecule has 0 saturated heterocycles. The maximum absolute atomic E-state index is 11.8. The molecule has 1 aliphatic rings. The maximum Gasteiger partial charge on any atom is 0.269 e. The van der Waals surface area contributed by atoms with Gasteiger partial charge in [-0.25, -0.2) is 5.01 Å². The number of nitrogens with two attached hydrogens (primary N) is 1. The molecule has 0 radical (unpaired) electrons. The number of benzene rings is 2. The molecular weight excluding hydrogens is 446 g/mol. The van der Waals surface area contributed by atoms with E-state index >= 15 is 0 Å². The lowest BCUT2D eigenvalue weighted by molar-refractivity contribution is 0.0958. The summed E-state index contributed by atoms with van der Waals surface area (Å²) >= 11 is 11.2. The van der Waals surface area contributed by atoms with E-state index in [1.165, 1.54) is 6.20 Å². The zero-order valence-corrected chi connectivity index (χ0v) is 18.7. The van der Waals surface area contributed by atoms with Crippen molar-refractivity contribution in [2.45, 2.75) is 12.5 Å². The number of hydrazone groups is 1. The lowest BCUT2D eigenvalue weighted by atomic mass is 9.98. The second kappa shape index (κ2) is 9.33. The molecule has 7 nitrogen and oxygen atoms in total. The highest BCUT2D eigenvalue weighted by atomic mass is 35.5. The summed E-state index contributed by atoms with van der Waals surface area (Å²) in [5.74, 6) is 0.872. The van der Waals surface area contributed by atoms with E-state index in [-0.39, 0.29) is 22.8 Å². The number of nitrogens with one attached hydrogen (secondary N) is 1. The monoisotopic (exact) mass is 465 g/mol. The van der Waals surface area contributed by atoms with Crippen LogP contribution in [0.4, 0.5) is 0 Å². The smallest absolute Gasteiger partial charge is 0.269 e. The third-order valence-electron chi connectivity index (χ3n) is 5.01. The first kappa shape index (κ1) is 21.7. The van der Waals surface area contributed by atoms with Gasteiger partial charge in [0.1, 0.15) is 17.2 Å². The number of nitrogens with zero attached hydrogens (tertiary/aromatic N) is 3. The minimum atomic E-state index is -0.275. The molecule has 2 aromatic carbocycles. The average Bonchev–Trinajstić information content (AvgIpc) is 3.25. The molecule has 1 unspecified atom stereocenters. The summed E-state index contributed by atoms with van der Waals surface area (Å²) in [6, 6.07) is 18.3. The number of halogens is 1. The first-order valence-corrected chi connectivity index (χ1v) is 10.6. The Balaban J connectivity index is 1.51. The molecule has 1 aromatic heterocycles. The highest BCUT2D eigenvalue weighted by molar-refractivity contribution is 7.80. The van der Waals surface area contributed by atoms with Gasteiger partial charge in [0.25, 0.3) is 5.91 Å². The van der Waals surface area contributed by atoms with Crippen LogP contribution in [0.2, 0.25) is 5.02 Å². The fraction of sp³-hybridized carbons (Fsp3) is 0.130. The van der Waals surface area contributed by atoms with Gasteiger partial charge in [0, 0.05) is 30.8 Å². The Morgan fingerprint density at radius 2 is 1.88 bits per heavy atom. The molecule has 4 rings (SSSR count). The van der Waals surface area contributed by atoms with E-state index in [4.69, 9.17) is 34.3 Å². The number of thiocarbonyl (C=S) groups is 1. The number of hydrogen-bond donors (Lipinski definition) is 2. The summed E-state index contributed by atoms with van der Waals surface area (Å²) in [6.45, 7) is 0. The van der Waals surface area contributed by atoms with Crippen LogP contribution in [0.5, 0.6) is 11.5 Å². The Labute approximate surface area is 195 Å². The van der Waals surface area contributed by atoms with Crippen LogP contribution in [0, 0.1) is 0 Å². The van der Waals surface area contributed by atoms with E-state index in [0.29, 0.717) is 22.9 Å². The molecule has 0 spiro atoms. The Morgan fingerprint density at radius 1 is 1.16 bits per heavy atom. The summed E-state index contributed by atoms with van der Waals surface area (Å²) in [6.07, 6.45) is 2.18. The van der Waals surface area contributed by atoms with E-state index in [2.05, 4.69) is 15.4 Å². The fourth-order valence-electron chi connectivity index (χ4n) is 3.41. The fourth-order valence-corrected chi connectivity index (χ4v) is 3.71. The van der Waals surface area contributed by atoms with E-state index in [9.17, 15) is 4.79 Å². The van der Waals surface area contributed by atoms with Gasteiger partial charge in [-0.2, -0.15) is 5.10 Å².